The lowest BCUT2D eigenvalue weighted by Gasteiger charge is -2.14. The van der Waals surface area contributed by atoms with Gasteiger partial charge in [0.2, 0.25) is 5.91 Å². The number of nitrogens with two attached hydrogens (primary N) is 1. The molecule has 0 aromatic carbocycles. The van der Waals surface area contributed by atoms with Crippen LogP contribution in [0.2, 0.25) is 0 Å². The molecule has 2 aliphatic rings. The van der Waals surface area contributed by atoms with E-state index in [9.17, 15) is 4.79 Å². The van der Waals surface area contributed by atoms with Gasteiger partial charge in [-0.3, -0.25) is 4.79 Å². The minimum Gasteiger partial charge on any atom is -0.384 e. The van der Waals surface area contributed by atoms with Crippen molar-refractivity contribution in [1.82, 2.24) is 10.3 Å². The van der Waals surface area contributed by atoms with Crippen LogP contribution in [0.1, 0.15) is 17.2 Å². The third-order valence-electron chi connectivity index (χ3n) is 3.28. The maximum atomic E-state index is 11.8. The van der Waals surface area contributed by atoms with Gasteiger partial charge < -0.3 is 15.8 Å². The van der Waals surface area contributed by atoms with Crippen LogP contribution in [-0.4, -0.2) is 24.1 Å². The number of fused-ring (bicyclic) bond motifs is 3. The Balaban J connectivity index is 2.08. The van der Waals surface area contributed by atoms with Gasteiger partial charge in [0.15, 0.2) is 0 Å². The summed E-state index contributed by atoms with van der Waals surface area (Å²) in [5.74, 6) is 0.599. The first-order chi connectivity index (χ1) is 7.75. The molecule has 16 heavy (non-hydrogen) atoms. The molecule has 3 rings (SSSR count). The summed E-state index contributed by atoms with van der Waals surface area (Å²) in [4.78, 5) is 16.1. The molecule has 1 aromatic heterocycles. The molecular weight excluding hydrogens is 206 g/mol. The molecule has 0 aliphatic carbocycles. The van der Waals surface area contributed by atoms with E-state index in [4.69, 9.17) is 10.5 Å². The van der Waals surface area contributed by atoms with E-state index in [1.165, 1.54) is 0 Å². The number of nitrogen functional groups attached to an aromatic ring is 1. The van der Waals surface area contributed by atoms with Crippen molar-refractivity contribution < 1.29 is 9.53 Å². The lowest BCUT2D eigenvalue weighted by Crippen LogP contribution is -2.30. The van der Waals surface area contributed by atoms with Crippen molar-refractivity contribution >= 4 is 11.7 Å². The number of rotatable bonds is 0. The fraction of sp³-hybridized carbons (Fsp3) is 0.455. The number of pyridine rings is 1. The molecule has 1 aromatic rings. The minimum absolute atomic E-state index is 0.0547. The van der Waals surface area contributed by atoms with Gasteiger partial charge in [0.25, 0.3) is 0 Å². The van der Waals surface area contributed by atoms with Crippen molar-refractivity contribution in [3.8, 4) is 0 Å². The third-order valence-corrected chi connectivity index (χ3v) is 3.28. The Bertz CT molecular complexity index is 447. The quantitative estimate of drug-likeness (QED) is 0.645. The number of amides is 1. The van der Waals surface area contributed by atoms with Gasteiger partial charge in [-0.1, -0.05) is 6.07 Å². The van der Waals surface area contributed by atoms with Crippen LogP contribution in [-0.2, 0) is 16.1 Å². The van der Waals surface area contributed by atoms with Gasteiger partial charge in [0.05, 0.1) is 31.4 Å². The Labute approximate surface area is 93.0 Å². The Kier molecular flexibility index (Phi) is 2.07. The molecule has 5 heteroatoms. The van der Waals surface area contributed by atoms with Crippen LogP contribution in [0.25, 0.3) is 0 Å². The first-order valence-electron chi connectivity index (χ1n) is 5.36. The number of hydrogen-bond donors (Lipinski definition) is 2. The number of nitrogens with one attached hydrogen (secondary N) is 1. The molecule has 1 fully saturated rings. The van der Waals surface area contributed by atoms with Gasteiger partial charge in [-0.05, 0) is 11.6 Å². The monoisotopic (exact) mass is 219 g/mol. The number of ether oxygens (including phenoxy) is 1. The highest BCUT2D eigenvalue weighted by atomic mass is 16.5. The smallest absolute Gasteiger partial charge is 0.226 e. The van der Waals surface area contributed by atoms with Crippen LogP contribution in [0.4, 0.5) is 5.82 Å². The molecule has 1 saturated heterocycles. The summed E-state index contributed by atoms with van der Waals surface area (Å²) in [7, 11) is 0. The second kappa shape index (κ2) is 3.45. The zero-order chi connectivity index (χ0) is 11.1. The largest absolute Gasteiger partial charge is 0.384 e. The molecule has 2 atom stereocenters. The SMILES string of the molecule is Nc1ccc2c(n1)CNC(=O)C1COCC21. The van der Waals surface area contributed by atoms with E-state index >= 15 is 0 Å². The topological polar surface area (TPSA) is 77.2 Å². The molecule has 0 bridgehead atoms. The second-order valence-corrected chi connectivity index (χ2v) is 4.24. The van der Waals surface area contributed by atoms with E-state index in [0.717, 1.165) is 11.3 Å². The summed E-state index contributed by atoms with van der Waals surface area (Å²) in [6, 6.07) is 3.74. The van der Waals surface area contributed by atoms with Crippen LogP contribution >= 0.6 is 0 Å². The Morgan fingerprint density at radius 3 is 3.06 bits per heavy atom. The van der Waals surface area contributed by atoms with Crippen molar-refractivity contribution in [1.29, 1.82) is 0 Å². The summed E-state index contributed by atoms with van der Waals surface area (Å²) in [5, 5.41) is 2.86. The molecule has 5 nitrogen and oxygen atoms in total. The predicted molar refractivity (Wildman–Crippen MR) is 57.5 cm³/mol. The average Bonchev–Trinajstić information content (AvgIpc) is 2.70. The van der Waals surface area contributed by atoms with E-state index in [0.29, 0.717) is 25.6 Å². The zero-order valence-electron chi connectivity index (χ0n) is 8.77. The molecule has 0 saturated carbocycles. The second-order valence-electron chi connectivity index (χ2n) is 4.24. The molecular formula is C11H13N3O2. The summed E-state index contributed by atoms with van der Waals surface area (Å²) in [6.07, 6.45) is 0. The van der Waals surface area contributed by atoms with Crippen LogP contribution < -0.4 is 11.1 Å². The maximum Gasteiger partial charge on any atom is 0.226 e. The average molecular weight is 219 g/mol. The highest BCUT2D eigenvalue weighted by molar-refractivity contribution is 5.81. The molecule has 0 radical (unpaired) electrons. The molecule has 3 N–H and O–H groups in total. The van der Waals surface area contributed by atoms with Gasteiger partial charge in [0, 0.05) is 5.92 Å². The van der Waals surface area contributed by atoms with Crippen molar-refractivity contribution in [2.75, 3.05) is 18.9 Å². The molecule has 2 aliphatic heterocycles. The predicted octanol–water partition coefficient (Wildman–Crippen LogP) is 0.0236. The summed E-state index contributed by atoms with van der Waals surface area (Å²) in [5.41, 5.74) is 7.61. The van der Waals surface area contributed by atoms with E-state index in [1.807, 2.05) is 6.07 Å². The van der Waals surface area contributed by atoms with E-state index < -0.39 is 0 Å². The van der Waals surface area contributed by atoms with Crippen LogP contribution in [0.3, 0.4) is 0 Å². The van der Waals surface area contributed by atoms with E-state index in [1.54, 1.807) is 6.07 Å². The zero-order valence-corrected chi connectivity index (χ0v) is 8.77. The maximum absolute atomic E-state index is 11.8. The summed E-state index contributed by atoms with van der Waals surface area (Å²) < 4.78 is 5.38. The standard InChI is InChI=1S/C11H13N3O2/c12-10-2-1-6-7-4-16-5-8(7)11(15)13-3-9(6)14-10/h1-2,7-8H,3-5H2,(H2,12,14)(H,13,15). The fourth-order valence-electron chi connectivity index (χ4n) is 2.43. The number of carbonyl (C=O) groups is 1. The Morgan fingerprint density at radius 1 is 1.38 bits per heavy atom. The normalized spacial score (nSPS) is 27.9. The van der Waals surface area contributed by atoms with Crippen LogP contribution in [0.15, 0.2) is 12.1 Å². The van der Waals surface area contributed by atoms with Crippen molar-refractivity contribution in [2.24, 2.45) is 5.92 Å². The van der Waals surface area contributed by atoms with Gasteiger partial charge in [-0.25, -0.2) is 4.98 Å². The first-order valence-corrected chi connectivity index (χ1v) is 5.36. The third kappa shape index (κ3) is 1.36. The van der Waals surface area contributed by atoms with Gasteiger partial charge in [-0.15, -0.1) is 0 Å². The molecule has 0 spiro atoms. The Morgan fingerprint density at radius 2 is 2.19 bits per heavy atom. The Hall–Kier alpha value is -1.62. The van der Waals surface area contributed by atoms with Crippen molar-refractivity contribution in [3.05, 3.63) is 23.4 Å². The van der Waals surface area contributed by atoms with Gasteiger partial charge in [-0.2, -0.15) is 0 Å². The number of hydrogen-bond acceptors (Lipinski definition) is 4. The number of aromatic nitrogens is 1. The number of anilines is 1. The molecule has 2 unspecified atom stereocenters. The summed E-state index contributed by atoms with van der Waals surface area (Å²) in [6.45, 7) is 1.56. The van der Waals surface area contributed by atoms with Gasteiger partial charge in [0.1, 0.15) is 5.82 Å². The lowest BCUT2D eigenvalue weighted by atomic mass is 9.88. The first kappa shape index (κ1) is 9.59. The van der Waals surface area contributed by atoms with E-state index in [2.05, 4.69) is 10.3 Å². The highest BCUT2D eigenvalue weighted by Gasteiger charge is 2.38. The van der Waals surface area contributed by atoms with Gasteiger partial charge >= 0.3 is 0 Å². The van der Waals surface area contributed by atoms with Crippen molar-refractivity contribution in [2.45, 2.75) is 12.5 Å². The number of carbonyl (C=O) groups excluding carboxylic acids is 1. The minimum atomic E-state index is -0.0772. The summed E-state index contributed by atoms with van der Waals surface area (Å²) >= 11 is 0. The lowest BCUT2D eigenvalue weighted by molar-refractivity contribution is -0.125. The molecule has 1 amide bonds. The highest BCUT2D eigenvalue weighted by Crippen LogP contribution is 2.34. The molecule has 3 heterocycles. The number of nitrogens with zero attached hydrogens (tertiary/aromatic N) is 1. The van der Waals surface area contributed by atoms with E-state index in [-0.39, 0.29) is 17.7 Å². The fourth-order valence-corrected chi connectivity index (χ4v) is 2.43. The van der Waals surface area contributed by atoms with Crippen LogP contribution in [0, 0.1) is 5.92 Å². The van der Waals surface area contributed by atoms with Crippen LogP contribution in [0.5, 0.6) is 0 Å². The van der Waals surface area contributed by atoms with Crippen molar-refractivity contribution in [3.63, 3.8) is 0 Å². The molecule has 84 valence electrons.